The molecule has 0 saturated heterocycles. The number of hydrogen-bond acceptors (Lipinski definition) is 1. The number of aryl methyl sites for hydroxylation is 1. The number of benzene rings is 1. The molecule has 0 aliphatic heterocycles. The highest BCUT2D eigenvalue weighted by Gasteiger charge is 1.94. The van der Waals surface area contributed by atoms with Crippen LogP contribution in [0.15, 0.2) is 36.0 Å². The maximum absolute atomic E-state index is 5.58. The Morgan fingerprint density at radius 3 is 2.64 bits per heavy atom. The van der Waals surface area contributed by atoms with E-state index in [4.69, 9.17) is 11.6 Å². The third kappa shape index (κ3) is 2.28. The second-order valence-corrected chi connectivity index (χ2v) is 2.80. The molecule has 0 radical (unpaired) electrons. The summed E-state index contributed by atoms with van der Waals surface area (Å²) in [4.78, 5) is 0. The molecule has 0 bridgehead atoms. The summed E-state index contributed by atoms with van der Waals surface area (Å²) in [6, 6.07) is 7.91. The molecule has 1 aromatic carbocycles. The average molecular weight is 168 g/mol. The zero-order valence-corrected chi connectivity index (χ0v) is 7.15. The fraction of sp³-hybridized carbons (Fsp3) is 0.111. The van der Waals surface area contributed by atoms with Gasteiger partial charge in [0.05, 0.1) is 5.16 Å². The summed E-state index contributed by atoms with van der Waals surface area (Å²) in [5, 5.41) is 3.39. The quantitative estimate of drug-likeness (QED) is 0.668. The lowest BCUT2D eigenvalue weighted by Gasteiger charge is -2.05. The number of rotatable bonds is 2. The van der Waals surface area contributed by atoms with Crippen LogP contribution < -0.4 is 5.32 Å². The lowest BCUT2D eigenvalue weighted by molar-refractivity contribution is 1.43. The average Bonchev–Trinajstić information content (AvgIpc) is 1.93. The Balaban J connectivity index is 2.86. The molecule has 0 aromatic heterocycles. The molecular formula is C9H10ClN. The van der Waals surface area contributed by atoms with Crippen LogP contribution in [0.3, 0.4) is 0 Å². The highest BCUT2D eigenvalue weighted by atomic mass is 35.5. The molecule has 0 aliphatic rings. The highest BCUT2D eigenvalue weighted by molar-refractivity contribution is 6.30. The second-order valence-electron chi connectivity index (χ2n) is 2.34. The highest BCUT2D eigenvalue weighted by Crippen LogP contribution is 2.15. The van der Waals surface area contributed by atoms with Crippen molar-refractivity contribution in [3.05, 3.63) is 41.6 Å². The molecule has 1 N–H and O–H groups in total. The minimum absolute atomic E-state index is 0.444. The lowest BCUT2D eigenvalue weighted by atomic mass is 10.2. The van der Waals surface area contributed by atoms with E-state index in [1.165, 1.54) is 0 Å². The van der Waals surface area contributed by atoms with Gasteiger partial charge in [-0.25, -0.2) is 0 Å². The van der Waals surface area contributed by atoms with Gasteiger partial charge >= 0.3 is 0 Å². The van der Waals surface area contributed by atoms with Crippen LogP contribution in [0.1, 0.15) is 5.56 Å². The van der Waals surface area contributed by atoms with Crippen LogP contribution in [-0.4, -0.2) is 0 Å². The monoisotopic (exact) mass is 167 g/mol. The SMILES string of the molecule is C=C(Cl)Nc1ccccc1C. The summed E-state index contributed by atoms with van der Waals surface area (Å²) in [6.45, 7) is 5.56. The van der Waals surface area contributed by atoms with Gasteiger partial charge in [0.1, 0.15) is 0 Å². The van der Waals surface area contributed by atoms with E-state index in [2.05, 4.69) is 11.9 Å². The molecule has 1 aromatic rings. The third-order valence-corrected chi connectivity index (χ3v) is 1.51. The number of para-hydroxylation sites is 1. The summed E-state index contributed by atoms with van der Waals surface area (Å²) in [5.41, 5.74) is 2.17. The number of hydrogen-bond donors (Lipinski definition) is 1. The van der Waals surface area contributed by atoms with Crippen molar-refractivity contribution < 1.29 is 0 Å². The molecule has 1 rings (SSSR count). The molecule has 11 heavy (non-hydrogen) atoms. The molecule has 0 unspecified atom stereocenters. The number of anilines is 1. The van der Waals surface area contributed by atoms with Gasteiger partial charge in [-0.3, -0.25) is 0 Å². The van der Waals surface area contributed by atoms with Crippen molar-refractivity contribution in [1.29, 1.82) is 0 Å². The van der Waals surface area contributed by atoms with E-state index in [1.807, 2.05) is 31.2 Å². The first kappa shape index (κ1) is 8.15. The van der Waals surface area contributed by atoms with Crippen molar-refractivity contribution >= 4 is 17.3 Å². The van der Waals surface area contributed by atoms with E-state index in [0.717, 1.165) is 11.3 Å². The first-order chi connectivity index (χ1) is 5.20. The predicted octanol–water partition coefficient (Wildman–Crippen LogP) is 3.12. The summed E-state index contributed by atoms with van der Waals surface area (Å²) in [5.74, 6) is 0. The third-order valence-electron chi connectivity index (χ3n) is 1.42. The molecular weight excluding hydrogens is 158 g/mol. The standard InChI is InChI=1S/C9H10ClN/c1-7-5-3-4-6-9(7)11-8(2)10/h3-6,11H,2H2,1H3. The molecule has 0 aliphatic carbocycles. The van der Waals surface area contributed by atoms with Crippen LogP contribution in [0.2, 0.25) is 0 Å². The van der Waals surface area contributed by atoms with Gasteiger partial charge < -0.3 is 5.32 Å². The Morgan fingerprint density at radius 2 is 2.09 bits per heavy atom. The van der Waals surface area contributed by atoms with Gasteiger partial charge in [0, 0.05) is 5.69 Å². The van der Waals surface area contributed by atoms with Crippen molar-refractivity contribution in [2.75, 3.05) is 5.32 Å². The van der Waals surface area contributed by atoms with E-state index < -0.39 is 0 Å². The zero-order valence-electron chi connectivity index (χ0n) is 6.39. The Bertz CT molecular complexity index is 268. The van der Waals surface area contributed by atoms with E-state index in [1.54, 1.807) is 0 Å². The van der Waals surface area contributed by atoms with Gasteiger partial charge in [0.25, 0.3) is 0 Å². The summed E-state index contributed by atoms with van der Waals surface area (Å²) in [7, 11) is 0. The van der Waals surface area contributed by atoms with Gasteiger partial charge in [-0.1, -0.05) is 36.4 Å². The van der Waals surface area contributed by atoms with Gasteiger partial charge in [-0.15, -0.1) is 0 Å². The molecule has 0 saturated carbocycles. The van der Waals surface area contributed by atoms with Crippen molar-refractivity contribution in [1.82, 2.24) is 0 Å². The number of halogens is 1. The predicted molar refractivity (Wildman–Crippen MR) is 49.8 cm³/mol. The largest absolute Gasteiger partial charge is 0.346 e. The van der Waals surface area contributed by atoms with E-state index in [9.17, 15) is 0 Å². The Labute approximate surface area is 71.7 Å². The summed E-state index contributed by atoms with van der Waals surface area (Å²) in [6.07, 6.45) is 0. The molecule has 1 nitrogen and oxygen atoms in total. The molecule has 58 valence electrons. The van der Waals surface area contributed by atoms with Gasteiger partial charge in [0.15, 0.2) is 0 Å². The van der Waals surface area contributed by atoms with E-state index in [-0.39, 0.29) is 0 Å². The van der Waals surface area contributed by atoms with Crippen LogP contribution in [0.4, 0.5) is 5.69 Å². The summed E-state index contributed by atoms with van der Waals surface area (Å²) < 4.78 is 0. The maximum Gasteiger partial charge on any atom is 0.0989 e. The normalized spacial score (nSPS) is 9.27. The topological polar surface area (TPSA) is 12.0 Å². The smallest absolute Gasteiger partial charge is 0.0989 e. The zero-order chi connectivity index (χ0) is 8.27. The first-order valence-electron chi connectivity index (χ1n) is 3.37. The van der Waals surface area contributed by atoms with E-state index in [0.29, 0.717) is 5.16 Å². The van der Waals surface area contributed by atoms with E-state index >= 15 is 0 Å². The van der Waals surface area contributed by atoms with Crippen LogP contribution in [-0.2, 0) is 0 Å². The fourth-order valence-electron chi connectivity index (χ4n) is 0.859. The molecule has 0 spiro atoms. The summed E-state index contributed by atoms with van der Waals surface area (Å²) >= 11 is 5.58. The van der Waals surface area contributed by atoms with Crippen LogP contribution >= 0.6 is 11.6 Å². The fourth-order valence-corrected chi connectivity index (χ4v) is 0.961. The molecule has 2 heteroatoms. The number of nitrogens with one attached hydrogen (secondary N) is 1. The molecule has 0 amide bonds. The molecule has 0 atom stereocenters. The van der Waals surface area contributed by atoms with Crippen molar-refractivity contribution in [3.8, 4) is 0 Å². The van der Waals surface area contributed by atoms with Crippen LogP contribution in [0.5, 0.6) is 0 Å². The maximum atomic E-state index is 5.58. The molecule has 0 fully saturated rings. The van der Waals surface area contributed by atoms with Crippen LogP contribution in [0.25, 0.3) is 0 Å². The lowest BCUT2D eigenvalue weighted by Crippen LogP contribution is -1.93. The Kier molecular flexibility index (Phi) is 2.55. The van der Waals surface area contributed by atoms with Crippen LogP contribution in [0, 0.1) is 6.92 Å². The second kappa shape index (κ2) is 3.44. The van der Waals surface area contributed by atoms with Gasteiger partial charge in [-0.05, 0) is 18.6 Å². The van der Waals surface area contributed by atoms with Gasteiger partial charge in [-0.2, -0.15) is 0 Å². The van der Waals surface area contributed by atoms with Crippen molar-refractivity contribution in [2.45, 2.75) is 6.92 Å². The van der Waals surface area contributed by atoms with Gasteiger partial charge in [0.2, 0.25) is 0 Å². The first-order valence-corrected chi connectivity index (χ1v) is 3.75. The van der Waals surface area contributed by atoms with Crippen molar-refractivity contribution in [2.24, 2.45) is 0 Å². The molecule has 0 heterocycles. The Hall–Kier alpha value is -0.950. The van der Waals surface area contributed by atoms with Crippen molar-refractivity contribution in [3.63, 3.8) is 0 Å². The Morgan fingerprint density at radius 1 is 1.45 bits per heavy atom. The minimum Gasteiger partial charge on any atom is -0.346 e. The minimum atomic E-state index is 0.444.